The van der Waals surface area contributed by atoms with Crippen LogP contribution in [0.15, 0.2) is 66.7 Å². The summed E-state index contributed by atoms with van der Waals surface area (Å²) in [5.41, 5.74) is 3.07. The van der Waals surface area contributed by atoms with Gasteiger partial charge in [0.25, 0.3) is 5.91 Å². The van der Waals surface area contributed by atoms with Crippen molar-refractivity contribution in [2.75, 3.05) is 25.5 Å². The number of carbonyl (C=O) groups is 1. The summed E-state index contributed by atoms with van der Waals surface area (Å²) in [6, 6.07) is 22.5. The minimum absolute atomic E-state index is 0.213. The summed E-state index contributed by atoms with van der Waals surface area (Å²) >= 11 is 0. The molecule has 0 unspecified atom stereocenters. The zero-order valence-corrected chi connectivity index (χ0v) is 16.4. The fourth-order valence-corrected chi connectivity index (χ4v) is 2.73. The highest BCUT2D eigenvalue weighted by molar-refractivity contribution is 5.95. The zero-order valence-electron chi connectivity index (χ0n) is 16.4. The number of aromatic nitrogens is 1. The highest BCUT2D eigenvalue weighted by atomic mass is 16.5. The van der Waals surface area contributed by atoms with Gasteiger partial charge < -0.3 is 15.0 Å². The van der Waals surface area contributed by atoms with Crippen molar-refractivity contribution in [3.8, 4) is 29.0 Å². The lowest BCUT2D eigenvalue weighted by Gasteiger charge is -2.14. The Balaban J connectivity index is 1.79. The van der Waals surface area contributed by atoms with E-state index in [4.69, 9.17) is 10.00 Å². The molecule has 1 heterocycles. The summed E-state index contributed by atoms with van der Waals surface area (Å²) < 4.78 is 5.93. The first-order valence-corrected chi connectivity index (χ1v) is 9.25. The van der Waals surface area contributed by atoms with Gasteiger partial charge in [-0.05, 0) is 30.3 Å². The molecule has 29 heavy (non-hydrogen) atoms. The standard InChI is InChI=1S/C23H22N4O2/c1-27(2)19-9-4-10-20(16-19)29-22-12-5-11-21(26-22)17-7-3-8-18(15-17)23(28)25-14-6-13-24/h3-5,7-12,15-16H,6,14H2,1-2H3,(H,25,28). The Hall–Kier alpha value is -3.85. The van der Waals surface area contributed by atoms with Gasteiger partial charge in [0.05, 0.1) is 18.2 Å². The number of nitrogens with zero attached hydrogens (tertiary/aromatic N) is 3. The van der Waals surface area contributed by atoms with Crippen LogP contribution in [0.4, 0.5) is 5.69 Å². The van der Waals surface area contributed by atoms with Crippen molar-refractivity contribution >= 4 is 11.6 Å². The van der Waals surface area contributed by atoms with Crippen molar-refractivity contribution in [3.05, 3.63) is 72.3 Å². The average Bonchev–Trinajstić information content (AvgIpc) is 2.74. The maximum Gasteiger partial charge on any atom is 0.251 e. The van der Waals surface area contributed by atoms with Crippen molar-refractivity contribution < 1.29 is 9.53 Å². The van der Waals surface area contributed by atoms with Gasteiger partial charge in [-0.3, -0.25) is 4.79 Å². The van der Waals surface area contributed by atoms with E-state index < -0.39 is 0 Å². The fraction of sp³-hybridized carbons (Fsp3) is 0.174. The number of anilines is 1. The average molecular weight is 386 g/mol. The molecule has 0 saturated carbocycles. The molecular formula is C23H22N4O2. The molecule has 0 spiro atoms. The molecule has 3 rings (SSSR count). The third-order valence-electron chi connectivity index (χ3n) is 4.22. The molecule has 1 aromatic heterocycles. The van der Waals surface area contributed by atoms with Crippen LogP contribution in [-0.4, -0.2) is 31.5 Å². The van der Waals surface area contributed by atoms with Crippen LogP contribution in [0.2, 0.25) is 0 Å². The van der Waals surface area contributed by atoms with Gasteiger partial charge in [-0.1, -0.05) is 24.3 Å². The van der Waals surface area contributed by atoms with Crippen LogP contribution >= 0.6 is 0 Å². The largest absolute Gasteiger partial charge is 0.439 e. The van der Waals surface area contributed by atoms with E-state index in [0.29, 0.717) is 29.4 Å². The first-order valence-electron chi connectivity index (χ1n) is 9.25. The molecular weight excluding hydrogens is 364 g/mol. The molecule has 0 fully saturated rings. The van der Waals surface area contributed by atoms with Crippen LogP contribution in [0.1, 0.15) is 16.8 Å². The number of hydrogen-bond donors (Lipinski definition) is 1. The Morgan fingerprint density at radius 3 is 2.69 bits per heavy atom. The number of ether oxygens (including phenoxy) is 1. The predicted molar refractivity (Wildman–Crippen MR) is 113 cm³/mol. The van der Waals surface area contributed by atoms with E-state index in [1.54, 1.807) is 18.2 Å². The Labute approximate surface area is 170 Å². The van der Waals surface area contributed by atoms with E-state index in [0.717, 1.165) is 11.3 Å². The van der Waals surface area contributed by atoms with Crippen molar-refractivity contribution in [1.82, 2.24) is 10.3 Å². The van der Waals surface area contributed by atoms with Gasteiger partial charge in [0.15, 0.2) is 0 Å². The molecule has 1 amide bonds. The zero-order chi connectivity index (χ0) is 20.6. The minimum atomic E-state index is -0.213. The number of carbonyl (C=O) groups excluding carboxylic acids is 1. The summed E-state index contributed by atoms with van der Waals surface area (Å²) in [6.07, 6.45) is 0.279. The number of pyridine rings is 1. The summed E-state index contributed by atoms with van der Waals surface area (Å²) in [6.45, 7) is 0.327. The molecule has 146 valence electrons. The van der Waals surface area contributed by atoms with E-state index in [1.807, 2.05) is 73.6 Å². The van der Waals surface area contributed by atoms with Gasteiger partial charge in [0.2, 0.25) is 5.88 Å². The van der Waals surface area contributed by atoms with E-state index in [1.165, 1.54) is 0 Å². The number of nitriles is 1. The minimum Gasteiger partial charge on any atom is -0.439 e. The first kappa shape index (κ1) is 19.9. The van der Waals surface area contributed by atoms with E-state index in [9.17, 15) is 4.79 Å². The molecule has 0 bridgehead atoms. The van der Waals surface area contributed by atoms with Crippen molar-refractivity contribution in [2.24, 2.45) is 0 Å². The molecule has 6 nitrogen and oxygen atoms in total. The van der Waals surface area contributed by atoms with Crippen molar-refractivity contribution in [1.29, 1.82) is 5.26 Å². The van der Waals surface area contributed by atoms with Gasteiger partial charge in [0, 0.05) is 49.6 Å². The lowest BCUT2D eigenvalue weighted by atomic mass is 10.1. The van der Waals surface area contributed by atoms with E-state index in [-0.39, 0.29) is 12.3 Å². The van der Waals surface area contributed by atoms with Crippen molar-refractivity contribution in [3.63, 3.8) is 0 Å². The number of nitrogens with one attached hydrogen (secondary N) is 1. The lowest BCUT2D eigenvalue weighted by Crippen LogP contribution is -2.24. The summed E-state index contributed by atoms with van der Waals surface area (Å²) in [7, 11) is 3.95. The van der Waals surface area contributed by atoms with Gasteiger partial charge in [-0.2, -0.15) is 5.26 Å². The number of benzene rings is 2. The molecule has 3 aromatic rings. The highest BCUT2D eigenvalue weighted by Crippen LogP contribution is 2.26. The van der Waals surface area contributed by atoms with Crippen LogP contribution in [-0.2, 0) is 0 Å². The number of amides is 1. The van der Waals surface area contributed by atoms with Gasteiger partial charge in [-0.15, -0.1) is 0 Å². The van der Waals surface area contributed by atoms with Gasteiger partial charge in [-0.25, -0.2) is 4.98 Å². The van der Waals surface area contributed by atoms with Gasteiger partial charge in [0.1, 0.15) is 5.75 Å². The molecule has 0 atom stereocenters. The number of rotatable bonds is 7. The molecule has 1 N–H and O–H groups in total. The highest BCUT2D eigenvalue weighted by Gasteiger charge is 2.09. The van der Waals surface area contributed by atoms with Crippen LogP contribution in [0.3, 0.4) is 0 Å². The smallest absolute Gasteiger partial charge is 0.251 e. The molecule has 2 aromatic carbocycles. The van der Waals surface area contributed by atoms with E-state index >= 15 is 0 Å². The summed E-state index contributed by atoms with van der Waals surface area (Å²) in [4.78, 5) is 18.8. The Bertz CT molecular complexity index is 1040. The first-order chi connectivity index (χ1) is 14.1. The molecule has 0 aliphatic heterocycles. The third-order valence-corrected chi connectivity index (χ3v) is 4.22. The molecule has 0 aliphatic rings. The second-order valence-electron chi connectivity index (χ2n) is 6.60. The SMILES string of the molecule is CN(C)c1cccc(Oc2cccc(-c3cccc(C(=O)NCCC#N)c3)n2)c1. The lowest BCUT2D eigenvalue weighted by molar-refractivity contribution is 0.0954. The summed E-state index contributed by atoms with van der Waals surface area (Å²) in [5.74, 6) is 0.962. The third kappa shape index (κ3) is 5.33. The topological polar surface area (TPSA) is 78.2 Å². The second-order valence-corrected chi connectivity index (χ2v) is 6.60. The number of hydrogen-bond acceptors (Lipinski definition) is 5. The maximum absolute atomic E-state index is 12.2. The maximum atomic E-state index is 12.2. The van der Waals surface area contributed by atoms with Crippen LogP contribution < -0.4 is 15.0 Å². The quantitative estimate of drug-likeness (QED) is 0.614. The van der Waals surface area contributed by atoms with Gasteiger partial charge >= 0.3 is 0 Å². The fourth-order valence-electron chi connectivity index (χ4n) is 2.73. The second kappa shape index (κ2) is 9.38. The van der Waals surface area contributed by atoms with Crippen molar-refractivity contribution in [2.45, 2.75) is 6.42 Å². The predicted octanol–water partition coefficient (Wildman–Crippen LogP) is 4.25. The Kier molecular flexibility index (Phi) is 6.43. The van der Waals surface area contributed by atoms with Crippen LogP contribution in [0.5, 0.6) is 11.6 Å². The van der Waals surface area contributed by atoms with Crippen LogP contribution in [0, 0.1) is 11.3 Å². The van der Waals surface area contributed by atoms with E-state index in [2.05, 4.69) is 10.3 Å². The Morgan fingerprint density at radius 1 is 1.10 bits per heavy atom. The summed E-state index contributed by atoms with van der Waals surface area (Å²) in [5, 5.41) is 11.3. The molecule has 0 aliphatic carbocycles. The van der Waals surface area contributed by atoms with Crippen LogP contribution in [0.25, 0.3) is 11.3 Å². The monoisotopic (exact) mass is 386 g/mol. The molecule has 6 heteroatoms. The molecule has 0 radical (unpaired) electrons. The normalized spacial score (nSPS) is 10.1. The Morgan fingerprint density at radius 2 is 1.90 bits per heavy atom. The molecule has 0 saturated heterocycles.